The first-order chi connectivity index (χ1) is 14.1. The zero-order valence-electron chi connectivity index (χ0n) is 15.4. The van der Waals surface area contributed by atoms with Gasteiger partial charge in [0, 0.05) is 11.1 Å². The van der Waals surface area contributed by atoms with E-state index in [4.69, 9.17) is 4.84 Å². The van der Waals surface area contributed by atoms with Crippen molar-refractivity contribution < 1.29 is 14.7 Å². The maximum atomic E-state index is 12.9. The first-order valence-electron chi connectivity index (χ1n) is 9.05. The Kier molecular flexibility index (Phi) is 4.99. The Morgan fingerprint density at radius 3 is 2.14 bits per heavy atom. The number of nitrogens with one attached hydrogen (secondary N) is 1. The van der Waals surface area contributed by atoms with Gasteiger partial charge in [-0.3, -0.25) is 9.59 Å². The molecule has 0 fully saturated rings. The monoisotopic (exact) mass is 386 g/mol. The van der Waals surface area contributed by atoms with E-state index in [2.05, 4.69) is 5.32 Å². The third-order valence-corrected chi connectivity index (χ3v) is 4.49. The zero-order chi connectivity index (χ0) is 20.2. The topological polar surface area (TPSA) is 80.6 Å². The van der Waals surface area contributed by atoms with Crippen molar-refractivity contribution in [3.05, 3.63) is 106 Å². The molecule has 6 heteroatoms. The van der Waals surface area contributed by atoms with E-state index in [1.807, 2.05) is 36.4 Å². The number of carbonyl (C=O) groups is 1. The van der Waals surface area contributed by atoms with Crippen LogP contribution in [0.25, 0.3) is 10.8 Å². The Labute approximate surface area is 166 Å². The summed E-state index contributed by atoms with van der Waals surface area (Å²) in [6.07, 6.45) is 0. The number of rotatable bonds is 5. The third-order valence-electron chi connectivity index (χ3n) is 4.49. The van der Waals surface area contributed by atoms with Crippen LogP contribution in [0.3, 0.4) is 0 Å². The summed E-state index contributed by atoms with van der Waals surface area (Å²) in [5.41, 5.74) is 0.827. The first-order valence-corrected chi connectivity index (χ1v) is 9.05. The minimum Gasteiger partial charge on any atom is -0.492 e. The molecule has 2 N–H and O–H groups in total. The van der Waals surface area contributed by atoms with Gasteiger partial charge in [-0.1, -0.05) is 66.7 Å². The summed E-state index contributed by atoms with van der Waals surface area (Å²) >= 11 is 0. The SMILES string of the molecule is O=C(Nc1ccccc1)c1c(O)n(OCc2ccccc2)c(=O)c2ccccc12. The van der Waals surface area contributed by atoms with Crippen LogP contribution in [0.4, 0.5) is 5.69 Å². The van der Waals surface area contributed by atoms with Crippen molar-refractivity contribution in [3.63, 3.8) is 0 Å². The quantitative estimate of drug-likeness (QED) is 0.549. The fourth-order valence-electron chi connectivity index (χ4n) is 3.09. The highest BCUT2D eigenvalue weighted by molar-refractivity contribution is 6.14. The molecule has 0 saturated carbocycles. The molecule has 6 nitrogen and oxygen atoms in total. The summed E-state index contributed by atoms with van der Waals surface area (Å²) in [6.45, 7) is 0.0619. The lowest BCUT2D eigenvalue weighted by atomic mass is 10.1. The summed E-state index contributed by atoms with van der Waals surface area (Å²) in [6, 6.07) is 24.7. The minimum absolute atomic E-state index is 0.0304. The second-order valence-corrected chi connectivity index (χ2v) is 6.42. The number of aromatic nitrogens is 1. The van der Waals surface area contributed by atoms with Gasteiger partial charge in [-0.15, -0.1) is 4.73 Å². The molecule has 1 heterocycles. The van der Waals surface area contributed by atoms with Gasteiger partial charge in [0.1, 0.15) is 12.2 Å². The molecule has 4 aromatic rings. The van der Waals surface area contributed by atoms with Crippen LogP contribution < -0.4 is 15.7 Å². The number of fused-ring (bicyclic) bond motifs is 1. The van der Waals surface area contributed by atoms with Crippen molar-refractivity contribution in [1.82, 2.24) is 4.73 Å². The smallest absolute Gasteiger partial charge is 0.294 e. The Morgan fingerprint density at radius 2 is 1.45 bits per heavy atom. The third kappa shape index (κ3) is 3.68. The van der Waals surface area contributed by atoms with Gasteiger partial charge in [-0.05, 0) is 23.8 Å². The predicted molar refractivity (Wildman–Crippen MR) is 111 cm³/mol. The number of anilines is 1. The van der Waals surface area contributed by atoms with Crippen LogP contribution in [0.15, 0.2) is 89.7 Å². The van der Waals surface area contributed by atoms with Crippen LogP contribution in [0.1, 0.15) is 15.9 Å². The molecule has 0 radical (unpaired) electrons. The normalized spacial score (nSPS) is 10.6. The number of amides is 1. The molecule has 1 amide bonds. The second-order valence-electron chi connectivity index (χ2n) is 6.42. The second kappa shape index (κ2) is 7.90. The number of hydrogen-bond acceptors (Lipinski definition) is 4. The van der Waals surface area contributed by atoms with E-state index >= 15 is 0 Å². The van der Waals surface area contributed by atoms with E-state index in [1.54, 1.807) is 48.5 Å². The van der Waals surface area contributed by atoms with E-state index in [0.29, 0.717) is 11.1 Å². The average molecular weight is 386 g/mol. The van der Waals surface area contributed by atoms with Gasteiger partial charge in [0.05, 0.1) is 5.39 Å². The van der Waals surface area contributed by atoms with Gasteiger partial charge in [-0.25, -0.2) is 0 Å². The van der Waals surface area contributed by atoms with Crippen LogP contribution in [0, 0.1) is 0 Å². The summed E-state index contributed by atoms with van der Waals surface area (Å²) < 4.78 is 0.773. The number of benzene rings is 3. The minimum atomic E-state index is -0.543. The van der Waals surface area contributed by atoms with Crippen LogP contribution in [0.2, 0.25) is 0 Å². The Morgan fingerprint density at radius 1 is 0.862 bits per heavy atom. The Balaban J connectivity index is 1.78. The van der Waals surface area contributed by atoms with E-state index in [1.165, 1.54) is 0 Å². The molecule has 0 bridgehead atoms. The molecule has 0 atom stereocenters. The summed E-state index contributed by atoms with van der Waals surface area (Å²) in [7, 11) is 0. The fraction of sp³-hybridized carbons (Fsp3) is 0.0435. The van der Waals surface area contributed by atoms with Crippen molar-refractivity contribution in [1.29, 1.82) is 0 Å². The van der Waals surface area contributed by atoms with Gasteiger partial charge in [-0.2, -0.15) is 0 Å². The molecule has 0 unspecified atom stereocenters. The molecule has 3 aromatic carbocycles. The van der Waals surface area contributed by atoms with Crippen molar-refractivity contribution in [2.45, 2.75) is 6.61 Å². The highest BCUT2D eigenvalue weighted by atomic mass is 16.7. The molecule has 0 aliphatic rings. The van der Waals surface area contributed by atoms with Gasteiger partial charge < -0.3 is 15.3 Å². The fourth-order valence-corrected chi connectivity index (χ4v) is 3.09. The number of pyridine rings is 1. The number of carbonyl (C=O) groups excluding carboxylic acids is 1. The largest absolute Gasteiger partial charge is 0.492 e. The van der Waals surface area contributed by atoms with Gasteiger partial charge in [0.25, 0.3) is 11.5 Å². The zero-order valence-corrected chi connectivity index (χ0v) is 15.4. The lowest BCUT2D eigenvalue weighted by molar-refractivity contribution is 0.0705. The number of hydrogen-bond donors (Lipinski definition) is 2. The number of para-hydroxylation sites is 1. The van der Waals surface area contributed by atoms with Crippen LogP contribution >= 0.6 is 0 Å². The highest BCUT2D eigenvalue weighted by Crippen LogP contribution is 2.25. The Hall–Kier alpha value is -4.06. The van der Waals surface area contributed by atoms with E-state index in [-0.39, 0.29) is 17.6 Å². The van der Waals surface area contributed by atoms with Crippen molar-refractivity contribution >= 4 is 22.4 Å². The van der Waals surface area contributed by atoms with Crippen molar-refractivity contribution in [3.8, 4) is 5.88 Å². The summed E-state index contributed by atoms with van der Waals surface area (Å²) in [5.74, 6) is -1.08. The van der Waals surface area contributed by atoms with E-state index in [9.17, 15) is 14.7 Å². The highest BCUT2D eigenvalue weighted by Gasteiger charge is 2.22. The van der Waals surface area contributed by atoms with Crippen molar-refractivity contribution in [2.75, 3.05) is 5.32 Å². The van der Waals surface area contributed by atoms with Crippen molar-refractivity contribution in [2.24, 2.45) is 0 Å². The average Bonchev–Trinajstić information content (AvgIpc) is 2.75. The lowest BCUT2D eigenvalue weighted by Crippen LogP contribution is -2.29. The van der Waals surface area contributed by atoms with E-state index in [0.717, 1.165) is 10.3 Å². The molecule has 0 aliphatic heterocycles. The predicted octanol–water partition coefficient (Wildman–Crippen LogP) is 3.59. The maximum absolute atomic E-state index is 12.9. The molecule has 0 spiro atoms. The molecule has 1 aromatic heterocycles. The molecule has 0 saturated heterocycles. The van der Waals surface area contributed by atoms with Gasteiger partial charge in [0.2, 0.25) is 5.88 Å². The molecular formula is C23H18N2O4. The van der Waals surface area contributed by atoms with Gasteiger partial charge >= 0.3 is 0 Å². The molecular weight excluding hydrogens is 368 g/mol. The molecule has 29 heavy (non-hydrogen) atoms. The van der Waals surface area contributed by atoms with Crippen LogP contribution in [0.5, 0.6) is 5.88 Å². The first kappa shape index (κ1) is 18.3. The van der Waals surface area contributed by atoms with Crippen LogP contribution in [-0.4, -0.2) is 15.7 Å². The Bertz CT molecular complexity index is 1220. The summed E-state index contributed by atoms with van der Waals surface area (Å²) in [5, 5.41) is 14.1. The standard InChI is InChI=1S/C23H18N2O4/c26-21(24-17-11-5-2-6-12-17)20-18-13-7-8-14-19(18)22(27)25(23(20)28)29-15-16-9-3-1-4-10-16/h1-14,28H,15H2,(H,24,26). The summed E-state index contributed by atoms with van der Waals surface area (Å²) in [4.78, 5) is 31.4. The molecule has 144 valence electrons. The van der Waals surface area contributed by atoms with Crippen LogP contribution in [-0.2, 0) is 6.61 Å². The van der Waals surface area contributed by atoms with Gasteiger partial charge in [0.15, 0.2) is 0 Å². The number of nitrogens with zero attached hydrogens (tertiary/aromatic N) is 1. The molecule has 4 rings (SSSR count). The lowest BCUT2D eigenvalue weighted by Gasteiger charge is -2.16. The van der Waals surface area contributed by atoms with E-state index < -0.39 is 17.3 Å². The maximum Gasteiger partial charge on any atom is 0.294 e. The molecule has 0 aliphatic carbocycles. The number of aromatic hydroxyl groups is 1.